The van der Waals surface area contributed by atoms with Crippen LogP contribution in [0.15, 0.2) is 41.3 Å². The van der Waals surface area contributed by atoms with E-state index in [0.29, 0.717) is 35.4 Å². The van der Waals surface area contributed by atoms with Crippen LogP contribution in [0.25, 0.3) is 10.2 Å². The van der Waals surface area contributed by atoms with Gasteiger partial charge in [0.1, 0.15) is 0 Å². The first kappa shape index (κ1) is 27.8. The van der Waals surface area contributed by atoms with Crippen LogP contribution in [0.4, 0.5) is 5.13 Å². The van der Waals surface area contributed by atoms with Crippen molar-refractivity contribution in [2.45, 2.75) is 31.1 Å². The number of fused-ring (bicyclic) bond motifs is 1. The quantitative estimate of drug-likeness (QED) is 0.387. The fourth-order valence-corrected chi connectivity index (χ4v) is 7.05. The van der Waals surface area contributed by atoms with Crippen molar-refractivity contribution in [3.63, 3.8) is 0 Å². The van der Waals surface area contributed by atoms with E-state index >= 15 is 0 Å². The Morgan fingerprint density at radius 1 is 1.11 bits per heavy atom. The van der Waals surface area contributed by atoms with Crippen molar-refractivity contribution in [3.05, 3.63) is 52.5 Å². The van der Waals surface area contributed by atoms with Gasteiger partial charge >= 0.3 is 0 Å². The van der Waals surface area contributed by atoms with Crippen LogP contribution in [-0.2, 0) is 10.0 Å². The molecule has 0 radical (unpaired) electrons. The van der Waals surface area contributed by atoms with Gasteiger partial charge in [0.2, 0.25) is 10.0 Å². The summed E-state index contributed by atoms with van der Waals surface area (Å²) < 4.78 is 28.1. The minimum atomic E-state index is -3.52. The number of hydrogen-bond acceptors (Lipinski definition) is 6. The third-order valence-corrected chi connectivity index (χ3v) is 9.06. The summed E-state index contributed by atoms with van der Waals surface area (Å²) in [5.74, 6) is -0.202. The highest BCUT2D eigenvalue weighted by molar-refractivity contribution is 7.89. The van der Waals surface area contributed by atoms with Crippen LogP contribution in [0, 0.1) is 6.92 Å². The Bertz CT molecular complexity index is 1290. The Morgan fingerprint density at radius 2 is 1.77 bits per heavy atom. The van der Waals surface area contributed by atoms with E-state index in [0.717, 1.165) is 41.6 Å². The first-order valence-corrected chi connectivity index (χ1v) is 13.9. The molecule has 35 heavy (non-hydrogen) atoms. The predicted octanol–water partition coefficient (Wildman–Crippen LogP) is 5.06. The average molecular weight is 558 g/mol. The first-order valence-electron chi connectivity index (χ1n) is 11.3. The van der Waals surface area contributed by atoms with Crippen LogP contribution in [0.5, 0.6) is 0 Å². The van der Waals surface area contributed by atoms with Gasteiger partial charge in [-0.3, -0.25) is 9.69 Å². The number of thiazole rings is 1. The van der Waals surface area contributed by atoms with Gasteiger partial charge in [-0.05, 0) is 88.8 Å². The molecule has 7 nitrogen and oxygen atoms in total. The summed E-state index contributed by atoms with van der Waals surface area (Å²) in [5.41, 5.74) is 2.23. The zero-order valence-corrected chi connectivity index (χ0v) is 23.2. The normalized spacial score (nSPS) is 14.4. The fraction of sp³-hybridized carbons (Fsp3) is 0.417. The van der Waals surface area contributed by atoms with Gasteiger partial charge in [-0.25, -0.2) is 13.4 Å². The number of carbonyl (C=O) groups excluding carboxylic acids is 1. The van der Waals surface area contributed by atoms with Crippen LogP contribution in [-0.4, -0.2) is 68.8 Å². The van der Waals surface area contributed by atoms with Crippen molar-refractivity contribution in [2.75, 3.05) is 45.2 Å². The molecule has 4 rings (SSSR count). The SMILES string of the molecule is Cc1cc(Cl)cc2sc(N(CCCN(C)C)C(=O)c3ccc(S(=O)(=O)N4CCCC4)cc3)nc12.Cl. The second-order valence-electron chi connectivity index (χ2n) is 8.82. The third-order valence-electron chi connectivity index (χ3n) is 5.91. The van der Waals surface area contributed by atoms with Crippen LogP contribution in [0.1, 0.15) is 35.2 Å². The zero-order chi connectivity index (χ0) is 24.5. The predicted molar refractivity (Wildman–Crippen MR) is 146 cm³/mol. The van der Waals surface area contributed by atoms with Gasteiger partial charge in [0.25, 0.3) is 5.91 Å². The number of hydrogen-bond donors (Lipinski definition) is 0. The Balaban J connectivity index is 0.00000342. The Labute approximate surface area is 222 Å². The van der Waals surface area contributed by atoms with Crippen LogP contribution in [0.2, 0.25) is 5.02 Å². The Morgan fingerprint density at radius 3 is 2.40 bits per heavy atom. The number of carbonyl (C=O) groups is 1. The third kappa shape index (κ3) is 6.15. The minimum Gasteiger partial charge on any atom is -0.309 e. The molecule has 2 heterocycles. The van der Waals surface area contributed by atoms with E-state index in [-0.39, 0.29) is 23.2 Å². The molecule has 0 N–H and O–H groups in total. The molecule has 0 unspecified atom stereocenters. The van der Waals surface area contributed by atoms with Crippen molar-refractivity contribution in [2.24, 2.45) is 0 Å². The van der Waals surface area contributed by atoms with E-state index < -0.39 is 10.0 Å². The highest BCUT2D eigenvalue weighted by Gasteiger charge is 2.28. The molecule has 2 aromatic carbocycles. The van der Waals surface area contributed by atoms with Crippen molar-refractivity contribution < 1.29 is 13.2 Å². The number of rotatable bonds is 8. The molecule has 1 fully saturated rings. The van der Waals surface area contributed by atoms with E-state index in [1.54, 1.807) is 17.0 Å². The zero-order valence-electron chi connectivity index (χ0n) is 20.0. The lowest BCUT2D eigenvalue weighted by Gasteiger charge is -2.21. The molecular weight excluding hydrogens is 527 g/mol. The topological polar surface area (TPSA) is 73.8 Å². The van der Waals surface area contributed by atoms with E-state index in [1.165, 1.54) is 27.8 Å². The molecule has 11 heteroatoms. The summed E-state index contributed by atoms with van der Waals surface area (Å²) in [6.07, 6.45) is 2.53. The van der Waals surface area contributed by atoms with Gasteiger partial charge in [0.15, 0.2) is 5.13 Å². The minimum absolute atomic E-state index is 0. The molecule has 0 spiro atoms. The number of aryl methyl sites for hydroxylation is 1. The summed E-state index contributed by atoms with van der Waals surface area (Å²) in [6.45, 7) is 4.37. The summed E-state index contributed by atoms with van der Waals surface area (Å²) >= 11 is 7.66. The Hall–Kier alpha value is -1.75. The fourth-order valence-electron chi connectivity index (χ4n) is 4.09. The molecular formula is C24H30Cl2N4O3S2. The second kappa shape index (κ2) is 11.5. The van der Waals surface area contributed by atoms with E-state index in [2.05, 4.69) is 4.90 Å². The average Bonchev–Trinajstić information content (AvgIpc) is 3.47. The molecule has 0 atom stereocenters. The van der Waals surface area contributed by atoms with Crippen LogP contribution in [0.3, 0.4) is 0 Å². The van der Waals surface area contributed by atoms with E-state index in [4.69, 9.17) is 16.6 Å². The molecule has 0 aliphatic carbocycles. The van der Waals surface area contributed by atoms with Crippen LogP contribution >= 0.6 is 35.3 Å². The lowest BCUT2D eigenvalue weighted by molar-refractivity contribution is 0.0986. The molecule has 1 aliphatic heterocycles. The van der Waals surface area contributed by atoms with Gasteiger partial charge in [-0.2, -0.15) is 4.31 Å². The number of anilines is 1. The lowest BCUT2D eigenvalue weighted by atomic mass is 10.2. The maximum Gasteiger partial charge on any atom is 0.260 e. The molecule has 3 aromatic rings. The van der Waals surface area contributed by atoms with Crippen molar-refractivity contribution >= 4 is 66.6 Å². The monoisotopic (exact) mass is 556 g/mol. The number of benzene rings is 2. The Kier molecular flexibility index (Phi) is 9.17. The van der Waals surface area contributed by atoms with E-state index in [1.807, 2.05) is 33.2 Å². The maximum absolute atomic E-state index is 13.6. The summed E-state index contributed by atoms with van der Waals surface area (Å²) in [6, 6.07) is 9.98. The van der Waals surface area contributed by atoms with Crippen LogP contribution < -0.4 is 4.90 Å². The molecule has 0 saturated carbocycles. The summed E-state index contributed by atoms with van der Waals surface area (Å²) in [5, 5.41) is 1.25. The molecule has 1 aliphatic rings. The highest BCUT2D eigenvalue weighted by atomic mass is 35.5. The van der Waals surface area contributed by atoms with Crippen molar-refractivity contribution in [3.8, 4) is 0 Å². The molecule has 1 amide bonds. The van der Waals surface area contributed by atoms with Crippen molar-refractivity contribution in [1.29, 1.82) is 0 Å². The molecule has 0 bridgehead atoms. The number of sulfonamides is 1. The standard InChI is InChI=1S/C24H29ClN4O3S2.ClH/c1-17-15-19(25)16-21-22(17)26-24(33-21)29(14-6-11-27(2)3)23(30)18-7-9-20(10-8-18)34(31,32)28-12-4-5-13-28;/h7-10,15-16H,4-6,11-14H2,1-3H3;1H. The maximum atomic E-state index is 13.6. The van der Waals surface area contributed by atoms with Gasteiger partial charge in [-0.15, -0.1) is 12.4 Å². The number of nitrogens with zero attached hydrogens (tertiary/aromatic N) is 4. The summed E-state index contributed by atoms with van der Waals surface area (Å²) in [7, 11) is 0.466. The number of amides is 1. The summed E-state index contributed by atoms with van der Waals surface area (Å²) in [4.78, 5) is 22.3. The molecule has 190 valence electrons. The van der Waals surface area contributed by atoms with Gasteiger partial charge in [-0.1, -0.05) is 22.9 Å². The number of halogens is 2. The lowest BCUT2D eigenvalue weighted by Crippen LogP contribution is -2.33. The second-order valence-corrected chi connectivity index (χ2v) is 12.2. The van der Waals surface area contributed by atoms with Gasteiger partial charge in [0, 0.05) is 30.2 Å². The molecule has 1 aromatic heterocycles. The highest BCUT2D eigenvalue weighted by Crippen LogP contribution is 2.34. The first-order chi connectivity index (χ1) is 16.2. The van der Waals surface area contributed by atoms with Gasteiger partial charge in [0.05, 0.1) is 15.1 Å². The smallest absolute Gasteiger partial charge is 0.260 e. The largest absolute Gasteiger partial charge is 0.309 e. The van der Waals surface area contributed by atoms with Crippen molar-refractivity contribution in [1.82, 2.24) is 14.2 Å². The van der Waals surface area contributed by atoms with Gasteiger partial charge < -0.3 is 4.90 Å². The molecule has 1 saturated heterocycles. The van der Waals surface area contributed by atoms with E-state index in [9.17, 15) is 13.2 Å². The number of aromatic nitrogens is 1.